The van der Waals surface area contributed by atoms with Gasteiger partial charge in [0, 0.05) is 17.9 Å². The van der Waals surface area contributed by atoms with Crippen LogP contribution in [0.25, 0.3) is 5.73 Å². The van der Waals surface area contributed by atoms with Crippen LogP contribution < -0.4 is 21.1 Å². The van der Waals surface area contributed by atoms with Gasteiger partial charge in [-0.15, -0.1) is 12.0 Å². The number of allylic oxidation sites excluding steroid dienone is 16. The molecule has 0 saturated heterocycles. The molecular weight excluding hydrogens is 893 g/mol. The Bertz CT molecular complexity index is 1590. The molecule has 0 amide bonds. The van der Waals surface area contributed by atoms with E-state index in [0.717, 1.165) is 45.1 Å². The van der Waals surface area contributed by atoms with Crippen molar-refractivity contribution < 1.29 is 66.1 Å². The topological polar surface area (TPSA) is 293 Å². The van der Waals surface area contributed by atoms with Crippen LogP contribution in [0.4, 0.5) is 0 Å². The van der Waals surface area contributed by atoms with Crippen LogP contribution in [0.1, 0.15) is 111 Å². The van der Waals surface area contributed by atoms with Crippen molar-refractivity contribution in [3.63, 3.8) is 0 Å². The molecule has 0 aromatic heterocycles. The molecule has 0 aromatic rings. The number of aliphatic hydroxyl groups excluding tert-OH is 6. The van der Waals surface area contributed by atoms with E-state index >= 15 is 0 Å². The van der Waals surface area contributed by atoms with Crippen LogP contribution in [-0.2, 0) is 14.4 Å². The zero-order valence-corrected chi connectivity index (χ0v) is 43.0. The van der Waals surface area contributed by atoms with Crippen molar-refractivity contribution in [2.45, 2.75) is 154 Å². The van der Waals surface area contributed by atoms with Gasteiger partial charge in [-0.3, -0.25) is 0 Å². The fourth-order valence-corrected chi connectivity index (χ4v) is 4.51. The first-order chi connectivity index (χ1) is 32.4. The Morgan fingerprint density at radius 2 is 0.913 bits per heavy atom. The van der Waals surface area contributed by atoms with Crippen LogP contribution in [0, 0.1) is 12.8 Å². The number of rotatable bonds is 33. The second-order valence-electron chi connectivity index (χ2n) is 15.1. The number of quaternary nitrogens is 1. The first-order valence-electron chi connectivity index (χ1n) is 23.4. The summed E-state index contributed by atoms with van der Waals surface area (Å²) >= 11 is 0. The molecule has 0 bridgehead atoms. The van der Waals surface area contributed by atoms with E-state index in [1.807, 2.05) is 61.6 Å². The number of nitrogens with one attached hydrogen (secondary N) is 1. The van der Waals surface area contributed by atoms with Crippen LogP contribution in [0.5, 0.6) is 0 Å². The van der Waals surface area contributed by atoms with Crippen molar-refractivity contribution in [2.75, 3.05) is 6.54 Å². The van der Waals surface area contributed by atoms with Crippen LogP contribution in [-0.4, -0.2) is 121 Å². The smallest absolute Gasteiger partial charge is 0.670 e. The number of carboxylic acids is 3. The van der Waals surface area contributed by atoms with E-state index in [4.69, 9.17) is 5.73 Å². The predicted molar refractivity (Wildman–Crippen MR) is 274 cm³/mol. The maximum Gasteiger partial charge on any atom is 2.00 e. The summed E-state index contributed by atoms with van der Waals surface area (Å²) in [5.41, 5.74) is 10.0. The molecule has 0 aliphatic carbocycles. The molecule has 10 N–H and O–H groups in total. The van der Waals surface area contributed by atoms with Crippen molar-refractivity contribution in [2.24, 2.45) is 5.92 Å². The number of carboxylic acid groups (broad SMARTS) is 3. The Labute approximate surface area is 429 Å². The van der Waals surface area contributed by atoms with Gasteiger partial charge >= 0.3 is 23.1 Å². The molecule has 0 saturated carbocycles. The van der Waals surface area contributed by atoms with Crippen LogP contribution in [0.3, 0.4) is 0 Å². The maximum absolute atomic E-state index is 10.2. The molecule has 14 nitrogen and oxygen atoms in total. The van der Waals surface area contributed by atoms with Crippen molar-refractivity contribution in [3.05, 3.63) is 158 Å². The van der Waals surface area contributed by atoms with E-state index in [-0.39, 0.29) is 35.9 Å². The minimum Gasteiger partial charge on any atom is -0.670 e. The standard InChI is InChI=1S/C22H32O5.C22H34O3.C7H14NO2.C3H6NO2.Mg/c1-2-3-9-14-19(23)15-10-6-4-5-7-11-16-20(24)21(25)17-12-8-13-18-22(26)27;1-3-5-7-14-18-21(24)22(25)19-15-11-9-8-10-13-17-20(23)16-12-6-4-2;1-6(7(9)10)4-2-3-5-8;1-2(4)3(5)6;/h3-12,15-16,19-21,23-25H,2,13-14,17-18H2,1H3,(H,26,27);6-15,17,19-25H,3-5,16,18H2,1-2H3;6H,1-5,8H2,(H,9,10);2,4H,1H3,(H,5,6);/q;;2*-1;+2/p-2/b6-4-,7-5+,9-3-,12-8-,15-10+,16-11+;10-8-,11-9+,12-6-,14-7-,17-13+,19-15+;;;/t19-,20+,21-;20-,21-,22+;6-;2-;/m0000./s1. The van der Waals surface area contributed by atoms with Gasteiger partial charge in [0.2, 0.25) is 0 Å². The Balaban J connectivity index is -0.000000298. The van der Waals surface area contributed by atoms with Gasteiger partial charge in [-0.25, -0.2) is 0 Å². The molecule has 8 atom stereocenters. The van der Waals surface area contributed by atoms with Crippen molar-refractivity contribution in [1.29, 1.82) is 0 Å². The second-order valence-corrected chi connectivity index (χ2v) is 15.1. The second kappa shape index (κ2) is 56.3. The fraction of sp³-hybridized carbons (Fsp3) is 0.481. The van der Waals surface area contributed by atoms with E-state index < -0.39 is 66.5 Å². The third-order valence-corrected chi connectivity index (χ3v) is 8.54. The van der Waals surface area contributed by atoms with Gasteiger partial charge in [-0.1, -0.05) is 186 Å². The summed E-state index contributed by atoms with van der Waals surface area (Å²) in [5, 5.41) is 88.2. The third-order valence-electron chi connectivity index (χ3n) is 8.54. The third kappa shape index (κ3) is 61.7. The summed E-state index contributed by atoms with van der Waals surface area (Å²) in [5.74, 6) is -4.04. The molecule has 0 spiro atoms. The van der Waals surface area contributed by atoms with Crippen LogP contribution in [0.2, 0.25) is 0 Å². The van der Waals surface area contributed by atoms with E-state index in [1.165, 1.54) is 13.0 Å². The summed E-state index contributed by atoms with van der Waals surface area (Å²) in [4.78, 5) is 29.7. The Morgan fingerprint density at radius 3 is 1.25 bits per heavy atom. The minimum absolute atomic E-state index is 0. The minimum atomic E-state index is -1.32. The Hall–Kier alpha value is -4.26. The maximum atomic E-state index is 10.2. The molecule has 0 aliphatic heterocycles. The zero-order chi connectivity index (χ0) is 52.2. The largest absolute Gasteiger partial charge is 2.00 e. The molecule has 69 heavy (non-hydrogen) atoms. The zero-order valence-electron chi connectivity index (χ0n) is 41.6. The SMILES string of the molecule is CC/C=C\C[C@H](O)/C=C/C=C\C=C\C=C\[C@@H](O)[C@@H](O)C/C=C\CCC.CC/C=C\C[C@H](O)/C=C/C=C\C=C\C=C\[C@@H](O)[C@@H](O)C/C=C\CCC(=O)[O-].C[C@H]([NH-])C(=O)[O-].[CH2-][C@@H](CCCC[NH3+])C(=O)[O-].[Mg+2]. The van der Waals surface area contributed by atoms with Gasteiger partial charge in [0.15, 0.2) is 0 Å². The molecule has 0 rings (SSSR count). The predicted octanol–water partition coefficient (Wildman–Crippen LogP) is 3.92. The Morgan fingerprint density at radius 1 is 0.551 bits per heavy atom. The fourth-order valence-electron chi connectivity index (χ4n) is 4.51. The van der Waals surface area contributed by atoms with Crippen molar-refractivity contribution >= 4 is 41.0 Å². The molecule has 386 valence electrons. The number of carbonyl (C=O) groups is 3. The molecule has 0 aromatic carbocycles. The average molecular weight is 978 g/mol. The quantitative estimate of drug-likeness (QED) is 0.0162. The van der Waals surface area contributed by atoms with E-state index in [9.17, 15) is 60.3 Å². The number of unbranched alkanes of at least 4 members (excludes halogenated alkanes) is 2. The molecule has 0 radical (unpaired) electrons. The van der Waals surface area contributed by atoms with Gasteiger partial charge < -0.3 is 78.7 Å². The van der Waals surface area contributed by atoms with Crippen molar-refractivity contribution in [3.8, 4) is 0 Å². The summed E-state index contributed by atoms with van der Waals surface area (Å²) in [6.07, 6.45) is 47.1. The van der Waals surface area contributed by atoms with Gasteiger partial charge in [0.25, 0.3) is 0 Å². The number of carbonyl (C=O) groups excluding carboxylic acids is 3. The van der Waals surface area contributed by atoms with Crippen molar-refractivity contribution in [1.82, 2.24) is 0 Å². The summed E-state index contributed by atoms with van der Waals surface area (Å²) in [6, 6.07) is -1.09. The number of hydrogen-bond acceptors (Lipinski definition) is 12. The average Bonchev–Trinajstić information content (AvgIpc) is 3.29. The van der Waals surface area contributed by atoms with Gasteiger partial charge in [0.1, 0.15) is 0 Å². The normalized spacial score (nSPS) is 15.8. The molecular formula is C54H84MgN2O12-2. The monoisotopic (exact) mass is 977 g/mol. The van der Waals surface area contributed by atoms with Crippen LogP contribution in [0.15, 0.2) is 146 Å². The molecule has 0 fully saturated rings. The molecule has 0 aliphatic rings. The van der Waals surface area contributed by atoms with E-state index in [1.54, 1.807) is 85.1 Å². The first-order valence-corrected chi connectivity index (χ1v) is 23.4. The molecule has 15 heteroatoms. The van der Waals surface area contributed by atoms with Gasteiger partial charge in [-0.05, 0) is 70.6 Å². The number of hydrogen-bond donors (Lipinski definition) is 7. The van der Waals surface area contributed by atoms with Gasteiger partial charge in [0.05, 0.1) is 43.2 Å². The summed E-state index contributed by atoms with van der Waals surface area (Å²) in [6.45, 7) is 11.7. The summed E-state index contributed by atoms with van der Waals surface area (Å²) < 4.78 is 0. The molecule has 0 unspecified atom stereocenters. The van der Waals surface area contributed by atoms with Gasteiger partial charge in [-0.2, -0.15) is 0 Å². The summed E-state index contributed by atoms with van der Waals surface area (Å²) in [7, 11) is 0. The first kappa shape index (κ1) is 73.7. The Kier molecular flexibility index (Phi) is 60.2. The number of aliphatic hydroxyl groups is 6. The van der Waals surface area contributed by atoms with E-state index in [2.05, 4.69) is 26.5 Å². The number of aliphatic carboxylic acids is 3. The van der Waals surface area contributed by atoms with E-state index in [0.29, 0.717) is 32.1 Å². The molecule has 0 heterocycles. The van der Waals surface area contributed by atoms with Crippen LogP contribution >= 0.6 is 0 Å².